The van der Waals surface area contributed by atoms with E-state index in [-0.39, 0.29) is 6.54 Å². The molecule has 5 nitrogen and oxygen atoms in total. The van der Waals surface area contributed by atoms with Gasteiger partial charge in [-0.25, -0.2) is 4.79 Å². The highest BCUT2D eigenvalue weighted by atomic mass is 16.4. The number of pyridine rings is 1. The predicted octanol–water partition coefficient (Wildman–Crippen LogP) is 3.20. The van der Waals surface area contributed by atoms with Gasteiger partial charge in [0, 0.05) is 0 Å². The summed E-state index contributed by atoms with van der Waals surface area (Å²) in [5, 5.41) is 22.1. The van der Waals surface area contributed by atoms with Crippen LogP contribution >= 0.6 is 0 Å². The molecular weight excluding hydrogens is 292 g/mol. The summed E-state index contributed by atoms with van der Waals surface area (Å²) in [7, 11) is 0. The van der Waals surface area contributed by atoms with E-state index in [9.17, 15) is 9.90 Å². The van der Waals surface area contributed by atoms with Crippen LogP contribution in [0.5, 0.6) is 0 Å². The van der Waals surface area contributed by atoms with E-state index in [1.807, 2.05) is 6.07 Å². The fourth-order valence-corrected chi connectivity index (χ4v) is 4.65. The molecule has 3 fully saturated rings. The van der Waals surface area contributed by atoms with Crippen molar-refractivity contribution in [3.05, 3.63) is 29.1 Å². The van der Waals surface area contributed by atoms with Crippen molar-refractivity contribution >= 4 is 6.09 Å². The molecular formula is C18H24N2O3. The van der Waals surface area contributed by atoms with E-state index in [2.05, 4.69) is 16.4 Å². The van der Waals surface area contributed by atoms with Crippen LogP contribution in [0, 0.1) is 17.8 Å². The lowest BCUT2D eigenvalue weighted by Crippen LogP contribution is -2.24. The highest BCUT2D eigenvalue weighted by molar-refractivity contribution is 5.64. The van der Waals surface area contributed by atoms with E-state index in [0.29, 0.717) is 23.4 Å². The topological polar surface area (TPSA) is 82.5 Å². The van der Waals surface area contributed by atoms with Gasteiger partial charge >= 0.3 is 6.09 Å². The third kappa shape index (κ3) is 2.94. The molecule has 0 aromatic carbocycles. The summed E-state index contributed by atoms with van der Waals surface area (Å²) in [6.07, 6.45) is 5.75. The van der Waals surface area contributed by atoms with Crippen molar-refractivity contribution in [3.63, 3.8) is 0 Å². The fraction of sp³-hybridized carbons (Fsp3) is 0.667. The highest BCUT2D eigenvalue weighted by Gasteiger charge is 2.44. The van der Waals surface area contributed by atoms with Crippen LogP contribution in [0.25, 0.3) is 0 Å². The zero-order valence-electron chi connectivity index (χ0n) is 13.2. The number of aliphatic hydroxyl groups excluding tert-OH is 1. The normalized spacial score (nSPS) is 30.4. The summed E-state index contributed by atoms with van der Waals surface area (Å²) in [6, 6.07) is 3.94. The van der Waals surface area contributed by atoms with Crippen LogP contribution in [0.2, 0.25) is 0 Å². The number of hydrogen-bond donors (Lipinski definition) is 3. The summed E-state index contributed by atoms with van der Waals surface area (Å²) in [5.74, 6) is 2.30. The van der Waals surface area contributed by atoms with Crippen molar-refractivity contribution in [2.75, 3.05) is 0 Å². The van der Waals surface area contributed by atoms with E-state index < -0.39 is 12.2 Å². The van der Waals surface area contributed by atoms with E-state index >= 15 is 0 Å². The quantitative estimate of drug-likeness (QED) is 0.779. The summed E-state index contributed by atoms with van der Waals surface area (Å²) in [4.78, 5) is 15.3. The van der Waals surface area contributed by atoms with Crippen LogP contribution in [0.4, 0.5) is 4.79 Å². The van der Waals surface area contributed by atoms with Crippen molar-refractivity contribution in [2.45, 2.75) is 57.1 Å². The molecule has 5 heteroatoms. The Hall–Kier alpha value is -1.62. The number of nitrogens with one attached hydrogen (secondary N) is 1. The third-order valence-electron chi connectivity index (χ3n) is 5.93. The minimum Gasteiger partial charge on any atom is -0.465 e. The molecule has 0 spiro atoms. The Bertz CT molecular complexity index is 614. The Balaban J connectivity index is 1.59. The van der Waals surface area contributed by atoms with Gasteiger partial charge in [-0.3, -0.25) is 4.98 Å². The minimum absolute atomic E-state index is 0.191. The third-order valence-corrected chi connectivity index (χ3v) is 5.93. The lowest BCUT2D eigenvalue weighted by Gasteiger charge is -2.28. The maximum atomic E-state index is 11.0. The van der Waals surface area contributed by atoms with Crippen LogP contribution in [0.3, 0.4) is 0 Å². The molecule has 1 aromatic heterocycles. The average molecular weight is 316 g/mol. The van der Waals surface area contributed by atoms with Gasteiger partial charge in [0.2, 0.25) is 0 Å². The first-order valence-electron chi connectivity index (χ1n) is 8.76. The first-order chi connectivity index (χ1) is 11.1. The smallest absolute Gasteiger partial charge is 0.404 e. The number of fused-ring (bicyclic) bond motifs is 2. The molecule has 3 N–H and O–H groups in total. The molecule has 0 aliphatic heterocycles. The van der Waals surface area contributed by atoms with E-state index in [1.54, 1.807) is 0 Å². The molecule has 1 amide bonds. The second-order valence-electron chi connectivity index (χ2n) is 7.49. The zero-order valence-corrected chi connectivity index (χ0v) is 13.2. The molecule has 23 heavy (non-hydrogen) atoms. The molecule has 1 aromatic rings. The predicted molar refractivity (Wildman–Crippen MR) is 85.0 cm³/mol. The van der Waals surface area contributed by atoms with Crippen molar-refractivity contribution in [1.82, 2.24) is 10.3 Å². The number of aliphatic hydroxyl groups is 1. The van der Waals surface area contributed by atoms with Gasteiger partial charge in [0.25, 0.3) is 0 Å². The van der Waals surface area contributed by atoms with Crippen molar-refractivity contribution in [2.24, 2.45) is 17.8 Å². The molecule has 1 heterocycles. The van der Waals surface area contributed by atoms with Gasteiger partial charge in [-0.15, -0.1) is 0 Å². The lowest BCUT2D eigenvalue weighted by molar-refractivity contribution is 0.0699. The van der Waals surface area contributed by atoms with E-state index in [1.165, 1.54) is 37.7 Å². The van der Waals surface area contributed by atoms with Crippen LogP contribution < -0.4 is 5.32 Å². The first kappa shape index (κ1) is 14.9. The maximum Gasteiger partial charge on any atom is 0.404 e. The second kappa shape index (κ2) is 5.78. The number of carbonyl (C=O) groups is 1. The van der Waals surface area contributed by atoms with Gasteiger partial charge < -0.3 is 15.5 Å². The monoisotopic (exact) mass is 316 g/mol. The maximum absolute atomic E-state index is 11.0. The van der Waals surface area contributed by atoms with Crippen LogP contribution in [0.15, 0.2) is 12.1 Å². The Morgan fingerprint density at radius 3 is 2.70 bits per heavy atom. The van der Waals surface area contributed by atoms with Gasteiger partial charge in [0.15, 0.2) is 0 Å². The molecule has 2 bridgehead atoms. The Morgan fingerprint density at radius 1 is 1.26 bits per heavy atom. The standard InChI is InChI=1S/C18H24N2O3/c21-17(15-8-10-1-2-12(15)7-10)16-14(11-3-4-11)6-5-13(20-16)9-19-18(22)23/h5-6,10-12,15,17,19,21H,1-4,7-9H2,(H,22,23). The first-order valence-corrected chi connectivity index (χ1v) is 8.76. The Labute approximate surface area is 136 Å². The number of amides is 1. The molecule has 4 atom stereocenters. The molecule has 4 rings (SSSR count). The Kier molecular flexibility index (Phi) is 3.76. The number of rotatable bonds is 5. The highest BCUT2D eigenvalue weighted by Crippen LogP contribution is 2.53. The zero-order chi connectivity index (χ0) is 16.0. The molecule has 3 saturated carbocycles. The van der Waals surface area contributed by atoms with Crippen molar-refractivity contribution in [3.8, 4) is 0 Å². The number of aromatic nitrogens is 1. The molecule has 4 unspecified atom stereocenters. The number of hydrogen-bond acceptors (Lipinski definition) is 3. The SMILES string of the molecule is O=C(O)NCc1ccc(C2CC2)c(C(O)C2CC3CCC2C3)n1. The largest absolute Gasteiger partial charge is 0.465 e. The molecule has 3 aliphatic rings. The summed E-state index contributed by atoms with van der Waals surface area (Å²) in [6.45, 7) is 0.191. The molecule has 124 valence electrons. The van der Waals surface area contributed by atoms with Gasteiger partial charge in [-0.05, 0) is 67.4 Å². The average Bonchev–Trinajstić information content (AvgIpc) is 3.18. The minimum atomic E-state index is -1.05. The summed E-state index contributed by atoms with van der Waals surface area (Å²) >= 11 is 0. The van der Waals surface area contributed by atoms with Gasteiger partial charge in [-0.1, -0.05) is 12.5 Å². The van der Waals surface area contributed by atoms with Crippen molar-refractivity contribution in [1.29, 1.82) is 0 Å². The molecule has 0 saturated heterocycles. The number of carboxylic acid groups (broad SMARTS) is 1. The van der Waals surface area contributed by atoms with Crippen LogP contribution in [0.1, 0.15) is 67.5 Å². The molecule has 0 radical (unpaired) electrons. The van der Waals surface area contributed by atoms with Gasteiger partial charge in [0.05, 0.1) is 24.0 Å². The van der Waals surface area contributed by atoms with E-state index in [0.717, 1.165) is 18.0 Å². The van der Waals surface area contributed by atoms with Crippen molar-refractivity contribution < 1.29 is 15.0 Å². The van der Waals surface area contributed by atoms with Crippen LogP contribution in [-0.4, -0.2) is 21.3 Å². The Morgan fingerprint density at radius 2 is 2.09 bits per heavy atom. The fourth-order valence-electron chi connectivity index (χ4n) is 4.65. The van der Waals surface area contributed by atoms with Crippen LogP contribution in [-0.2, 0) is 6.54 Å². The van der Waals surface area contributed by atoms with E-state index in [4.69, 9.17) is 5.11 Å². The van der Waals surface area contributed by atoms with Gasteiger partial charge in [-0.2, -0.15) is 0 Å². The second-order valence-corrected chi connectivity index (χ2v) is 7.49. The summed E-state index contributed by atoms with van der Waals surface area (Å²) < 4.78 is 0. The lowest BCUT2D eigenvalue weighted by atomic mass is 9.82. The summed E-state index contributed by atoms with van der Waals surface area (Å²) in [5.41, 5.74) is 2.68. The van der Waals surface area contributed by atoms with Gasteiger partial charge in [0.1, 0.15) is 0 Å². The number of nitrogens with zero attached hydrogens (tertiary/aromatic N) is 1. The molecule has 3 aliphatic carbocycles.